The zero-order valence-corrected chi connectivity index (χ0v) is 6.90. The Morgan fingerprint density at radius 2 is 2.15 bits per heavy atom. The van der Waals surface area contributed by atoms with E-state index >= 15 is 0 Å². The van der Waals surface area contributed by atoms with E-state index in [0.29, 0.717) is 5.56 Å². The molecule has 2 aromatic rings. The molecule has 1 heterocycles. The van der Waals surface area contributed by atoms with Gasteiger partial charge in [0.05, 0.1) is 0 Å². The molecule has 0 spiro atoms. The number of fused-ring (bicyclic) bond motifs is 1. The number of primary amides is 1. The van der Waals surface area contributed by atoms with Crippen LogP contribution < -0.4 is 5.73 Å². The number of rotatable bonds is 1. The molecule has 0 saturated carbocycles. The summed E-state index contributed by atoms with van der Waals surface area (Å²) in [5.74, 6) is -0.406. The van der Waals surface area contributed by atoms with Crippen LogP contribution in [0, 0.1) is 0 Å². The fourth-order valence-electron chi connectivity index (χ4n) is 1.34. The lowest BCUT2D eigenvalue weighted by atomic mass is 10.1. The van der Waals surface area contributed by atoms with E-state index in [2.05, 4.69) is 4.98 Å². The van der Waals surface area contributed by atoms with Crippen LogP contribution in [0.3, 0.4) is 0 Å². The minimum absolute atomic E-state index is 0.406. The Labute approximate surface area is 75.2 Å². The Morgan fingerprint density at radius 3 is 2.92 bits per heavy atom. The fraction of sp³-hybridized carbons (Fsp3) is 0. The van der Waals surface area contributed by atoms with Crippen LogP contribution in [-0.2, 0) is 0 Å². The smallest absolute Gasteiger partial charge is 0.249 e. The molecular weight excluding hydrogens is 164 g/mol. The number of aromatic nitrogens is 1. The van der Waals surface area contributed by atoms with Crippen molar-refractivity contribution >= 4 is 16.7 Å². The molecule has 0 unspecified atom stereocenters. The fourth-order valence-corrected chi connectivity index (χ4v) is 1.34. The molecule has 0 bridgehead atoms. The second kappa shape index (κ2) is 2.86. The monoisotopic (exact) mass is 172 g/mol. The topological polar surface area (TPSA) is 56.0 Å². The van der Waals surface area contributed by atoms with Crippen LogP contribution in [0.15, 0.2) is 36.7 Å². The van der Waals surface area contributed by atoms with Gasteiger partial charge in [-0.3, -0.25) is 9.78 Å². The lowest BCUT2D eigenvalue weighted by Gasteiger charge is -2.00. The molecule has 2 rings (SSSR count). The van der Waals surface area contributed by atoms with Gasteiger partial charge in [-0.15, -0.1) is 0 Å². The van der Waals surface area contributed by atoms with Crippen LogP contribution in [0.1, 0.15) is 10.4 Å². The van der Waals surface area contributed by atoms with Crippen molar-refractivity contribution in [2.75, 3.05) is 0 Å². The van der Waals surface area contributed by atoms with E-state index in [4.69, 9.17) is 5.73 Å². The summed E-state index contributed by atoms with van der Waals surface area (Å²) < 4.78 is 0. The number of hydrogen-bond donors (Lipinski definition) is 1. The molecule has 13 heavy (non-hydrogen) atoms. The molecule has 0 saturated heterocycles. The lowest BCUT2D eigenvalue weighted by molar-refractivity contribution is 0.100. The number of pyridine rings is 1. The molecular formula is C10H8N2O. The zero-order chi connectivity index (χ0) is 9.26. The van der Waals surface area contributed by atoms with Crippen molar-refractivity contribution in [2.24, 2.45) is 5.73 Å². The van der Waals surface area contributed by atoms with Gasteiger partial charge in [-0.2, -0.15) is 0 Å². The van der Waals surface area contributed by atoms with Gasteiger partial charge in [0.15, 0.2) is 0 Å². The molecule has 0 aliphatic heterocycles. The molecule has 0 aliphatic rings. The summed E-state index contributed by atoms with van der Waals surface area (Å²) >= 11 is 0. The van der Waals surface area contributed by atoms with E-state index in [1.165, 1.54) is 0 Å². The number of hydrogen-bond acceptors (Lipinski definition) is 2. The standard InChI is InChI=1S/C10H8N2O/c11-10(13)9-3-1-2-7-6-12-5-4-8(7)9/h1-6H,(H2,11,13). The van der Waals surface area contributed by atoms with Crippen molar-refractivity contribution in [3.63, 3.8) is 0 Å². The predicted molar refractivity (Wildman–Crippen MR) is 50.3 cm³/mol. The highest BCUT2D eigenvalue weighted by Crippen LogP contribution is 2.16. The van der Waals surface area contributed by atoms with Gasteiger partial charge in [0.1, 0.15) is 0 Å². The molecule has 0 fully saturated rings. The number of nitrogens with zero attached hydrogens (tertiary/aromatic N) is 1. The van der Waals surface area contributed by atoms with Crippen LogP contribution in [0.25, 0.3) is 10.8 Å². The van der Waals surface area contributed by atoms with Crippen molar-refractivity contribution in [3.8, 4) is 0 Å². The highest BCUT2D eigenvalue weighted by atomic mass is 16.1. The Bertz CT molecular complexity index is 460. The summed E-state index contributed by atoms with van der Waals surface area (Å²) in [5.41, 5.74) is 5.76. The van der Waals surface area contributed by atoms with E-state index in [9.17, 15) is 4.79 Å². The quantitative estimate of drug-likeness (QED) is 0.705. The van der Waals surface area contributed by atoms with Gasteiger partial charge < -0.3 is 5.73 Å². The zero-order valence-electron chi connectivity index (χ0n) is 6.90. The first-order chi connectivity index (χ1) is 6.29. The van der Waals surface area contributed by atoms with E-state index in [1.54, 1.807) is 30.6 Å². The summed E-state index contributed by atoms with van der Waals surface area (Å²) in [7, 11) is 0. The maximum Gasteiger partial charge on any atom is 0.249 e. The molecule has 2 N–H and O–H groups in total. The van der Waals surface area contributed by atoms with Gasteiger partial charge in [0.25, 0.3) is 0 Å². The largest absolute Gasteiger partial charge is 0.366 e. The Morgan fingerprint density at radius 1 is 1.31 bits per heavy atom. The second-order valence-corrected chi connectivity index (χ2v) is 2.77. The second-order valence-electron chi connectivity index (χ2n) is 2.77. The Hall–Kier alpha value is -1.90. The summed E-state index contributed by atoms with van der Waals surface area (Å²) in [6, 6.07) is 7.19. The third-order valence-corrected chi connectivity index (χ3v) is 1.95. The third-order valence-electron chi connectivity index (χ3n) is 1.95. The summed E-state index contributed by atoms with van der Waals surface area (Å²) in [6.07, 6.45) is 3.36. The van der Waals surface area contributed by atoms with Gasteiger partial charge in [0.2, 0.25) is 5.91 Å². The van der Waals surface area contributed by atoms with Gasteiger partial charge >= 0.3 is 0 Å². The maximum atomic E-state index is 11.0. The van der Waals surface area contributed by atoms with Crippen molar-refractivity contribution in [1.29, 1.82) is 0 Å². The van der Waals surface area contributed by atoms with Crippen LogP contribution in [0.4, 0.5) is 0 Å². The molecule has 1 aromatic carbocycles. The highest BCUT2D eigenvalue weighted by molar-refractivity contribution is 6.05. The first-order valence-corrected chi connectivity index (χ1v) is 3.91. The van der Waals surface area contributed by atoms with Crippen LogP contribution >= 0.6 is 0 Å². The van der Waals surface area contributed by atoms with Crippen molar-refractivity contribution in [1.82, 2.24) is 4.98 Å². The van der Waals surface area contributed by atoms with Crippen LogP contribution in [-0.4, -0.2) is 10.9 Å². The Balaban J connectivity index is 2.83. The normalized spacial score (nSPS) is 10.2. The number of benzene rings is 1. The first kappa shape index (κ1) is 7.73. The summed E-state index contributed by atoms with van der Waals surface area (Å²) in [5, 5.41) is 1.78. The van der Waals surface area contributed by atoms with E-state index in [-0.39, 0.29) is 0 Å². The first-order valence-electron chi connectivity index (χ1n) is 3.91. The average molecular weight is 172 g/mol. The molecule has 0 aliphatic carbocycles. The third kappa shape index (κ3) is 1.24. The van der Waals surface area contributed by atoms with Crippen LogP contribution in [0.5, 0.6) is 0 Å². The number of carbonyl (C=O) groups excluding carboxylic acids is 1. The average Bonchev–Trinajstić information content (AvgIpc) is 2.17. The summed E-state index contributed by atoms with van der Waals surface area (Å²) in [4.78, 5) is 15.0. The van der Waals surface area contributed by atoms with E-state index in [0.717, 1.165) is 10.8 Å². The van der Waals surface area contributed by atoms with Crippen LogP contribution in [0.2, 0.25) is 0 Å². The molecule has 3 nitrogen and oxygen atoms in total. The molecule has 1 aromatic heterocycles. The predicted octanol–water partition coefficient (Wildman–Crippen LogP) is 1.33. The number of amides is 1. The van der Waals surface area contributed by atoms with Crippen molar-refractivity contribution in [2.45, 2.75) is 0 Å². The highest BCUT2D eigenvalue weighted by Gasteiger charge is 2.04. The van der Waals surface area contributed by atoms with Gasteiger partial charge in [-0.05, 0) is 17.5 Å². The molecule has 1 amide bonds. The minimum Gasteiger partial charge on any atom is -0.366 e. The maximum absolute atomic E-state index is 11.0. The minimum atomic E-state index is -0.406. The molecule has 0 atom stereocenters. The van der Waals surface area contributed by atoms with E-state index < -0.39 is 5.91 Å². The SMILES string of the molecule is NC(=O)c1cccc2cnccc12. The van der Waals surface area contributed by atoms with Gasteiger partial charge in [0, 0.05) is 23.3 Å². The molecule has 3 heteroatoms. The van der Waals surface area contributed by atoms with Gasteiger partial charge in [-0.25, -0.2) is 0 Å². The van der Waals surface area contributed by atoms with Gasteiger partial charge in [-0.1, -0.05) is 12.1 Å². The Kier molecular flexibility index (Phi) is 1.70. The van der Waals surface area contributed by atoms with E-state index in [1.807, 2.05) is 6.07 Å². The molecule has 0 radical (unpaired) electrons. The van der Waals surface area contributed by atoms with Crippen molar-refractivity contribution < 1.29 is 4.79 Å². The molecule has 64 valence electrons. The van der Waals surface area contributed by atoms with Crippen molar-refractivity contribution in [3.05, 3.63) is 42.2 Å². The summed E-state index contributed by atoms with van der Waals surface area (Å²) in [6.45, 7) is 0. The number of nitrogens with two attached hydrogens (primary N) is 1. The lowest BCUT2D eigenvalue weighted by Crippen LogP contribution is -2.11. The number of carbonyl (C=O) groups is 1.